The summed E-state index contributed by atoms with van der Waals surface area (Å²) in [5, 5.41) is 15.8. The second-order valence-corrected chi connectivity index (χ2v) is 4.83. The fourth-order valence-electron chi connectivity index (χ4n) is 1.50. The molecule has 0 atom stereocenters. The third-order valence-corrected chi connectivity index (χ3v) is 3.44. The number of hydrogen-bond acceptors (Lipinski definition) is 3. The molecule has 6 heteroatoms. The molecule has 0 radical (unpaired) electrons. The van der Waals surface area contributed by atoms with Crippen molar-refractivity contribution >= 4 is 23.3 Å². The topological polar surface area (TPSA) is 78.4 Å². The van der Waals surface area contributed by atoms with Crippen molar-refractivity contribution in [1.82, 2.24) is 10.6 Å². The molecule has 100 valence electrons. The number of thiophene rings is 1. The normalized spacial score (nSPS) is 10.1. The van der Waals surface area contributed by atoms with Crippen LogP contribution in [-0.2, 0) is 17.8 Å². The molecule has 0 saturated carbocycles. The van der Waals surface area contributed by atoms with Gasteiger partial charge in [0.15, 0.2) is 0 Å². The Labute approximate surface area is 110 Å². The lowest BCUT2D eigenvalue weighted by Gasteiger charge is -2.07. The van der Waals surface area contributed by atoms with E-state index in [1.807, 2.05) is 5.38 Å². The first-order chi connectivity index (χ1) is 8.63. The zero-order valence-corrected chi connectivity index (χ0v) is 11.2. The van der Waals surface area contributed by atoms with Crippen molar-refractivity contribution in [1.29, 1.82) is 0 Å². The smallest absolute Gasteiger partial charge is 0.315 e. The van der Waals surface area contributed by atoms with Crippen molar-refractivity contribution in [2.45, 2.75) is 32.7 Å². The zero-order valence-electron chi connectivity index (χ0n) is 10.4. The van der Waals surface area contributed by atoms with E-state index >= 15 is 0 Å². The summed E-state index contributed by atoms with van der Waals surface area (Å²) in [7, 11) is 0. The Morgan fingerprint density at radius 1 is 1.39 bits per heavy atom. The number of carboxylic acids is 1. The summed E-state index contributed by atoms with van der Waals surface area (Å²) in [6, 6.07) is 1.81. The van der Waals surface area contributed by atoms with Gasteiger partial charge in [-0.15, -0.1) is 11.3 Å². The van der Waals surface area contributed by atoms with Crippen LogP contribution in [0.4, 0.5) is 4.79 Å². The van der Waals surface area contributed by atoms with Gasteiger partial charge in [-0.3, -0.25) is 4.79 Å². The third kappa shape index (κ3) is 5.18. The molecule has 1 heterocycles. The van der Waals surface area contributed by atoms with Crippen molar-refractivity contribution in [3.63, 3.8) is 0 Å². The molecule has 1 rings (SSSR count). The maximum Gasteiger partial charge on any atom is 0.315 e. The van der Waals surface area contributed by atoms with Crippen LogP contribution in [0.5, 0.6) is 0 Å². The van der Waals surface area contributed by atoms with Crippen LogP contribution in [0.2, 0.25) is 0 Å². The molecular formula is C12H18N2O3S. The quantitative estimate of drug-likeness (QED) is 0.663. The highest BCUT2D eigenvalue weighted by atomic mass is 32.1. The van der Waals surface area contributed by atoms with Crippen LogP contribution >= 0.6 is 11.3 Å². The van der Waals surface area contributed by atoms with Gasteiger partial charge in [-0.05, 0) is 29.9 Å². The van der Waals surface area contributed by atoms with Crippen molar-refractivity contribution in [3.05, 3.63) is 21.9 Å². The maximum atomic E-state index is 11.4. The maximum absolute atomic E-state index is 11.4. The second kappa shape index (κ2) is 7.71. The van der Waals surface area contributed by atoms with E-state index in [9.17, 15) is 9.59 Å². The standard InChI is InChI=1S/C12H18N2O3S/c1-2-9-5-7-18-10(9)8-14-12(17)13-6-3-4-11(15)16/h5,7H,2-4,6,8H2,1H3,(H,15,16)(H2,13,14,17). The van der Waals surface area contributed by atoms with E-state index in [0.717, 1.165) is 11.3 Å². The highest BCUT2D eigenvalue weighted by Crippen LogP contribution is 2.16. The van der Waals surface area contributed by atoms with Gasteiger partial charge in [0.25, 0.3) is 0 Å². The van der Waals surface area contributed by atoms with E-state index in [0.29, 0.717) is 19.5 Å². The molecule has 2 amide bonds. The molecule has 0 unspecified atom stereocenters. The van der Waals surface area contributed by atoms with Crippen LogP contribution in [0.3, 0.4) is 0 Å². The van der Waals surface area contributed by atoms with E-state index in [4.69, 9.17) is 5.11 Å². The molecule has 0 aliphatic rings. The summed E-state index contributed by atoms with van der Waals surface area (Å²) < 4.78 is 0. The lowest BCUT2D eigenvalue weighted by Crippen LogP contribution is -2.35. The van der Waals surface area contributed by atoms with Crippen molar-refractivity contribution in [2.24, 2.45) is 0 Å². The predicted octanol–water partition coefficient (Wildman–Crippen LogP) is 1.97. The van der Waals surface area contributed by atoms with E-state index < -0.39 is 5.97 Å². The molecule has 1 aromatic rings. The number of carbonyl (C=O) groups excluding carboxylic acids is 1. The number of rotatable bonds is 7. The SMILES string of the molecule is CCc1ccsc1CNC(=O)NCCCC(=O)O. The number of aryl methyl sites for hydroxylation is 1. The predicted molar refractivity (Wildman–Crippen MR) is 70.8 cm³/mol. The summed E-state index contributed by atoms with van der Waals surface area (Å²) >= 11 is 1.63. The average Bonchev–Trinajstić information content (AvgIpc) is 2.79. The molecule has 1 aromatic heterocycles. The number of hydrogen-bond donors (Lipinski definition) is 3. The number of amides is 2. The first-order valence-corrected chi connectivity index (χ1v) is 6.80. The van der Waals surface area contributed by atoms with Crippen LogP contribution in [0.25, 0.3) is 0 Å². The Bertz CT molecular complexity index is 404. The summed E-state index contributed by atoms with van der Waals surface area (Å²) in [4.78, 5) is 22.9. The molecule has 0 fully saturated rings. The van der Waals surface area contributed by atoms with Crippen molar-refractivity contribution in [3.8, 4) is 0 Å². The van der Waals surface area contributed by atoms with Crippen molar-refractivity contribution < 1.29 is 14.7 Å². The number of aliphatic carboxylic acids is 1. The summed E-state index contributed by atoms with van der Waals surface area (Å²) in [5.74, 6) is -0.844. The summed E-state index contributed by atoms with van der Waals surface area (Å²) in [6.45, 7) is 2.98. The molecular weight excluding hydrogens is 252 g/mol. The Hall–Kier alpha value is -1.56. The van der Waals surface area contributed by atoms with Gasteiger partial charge in [-0.25, -0.2) is 4.79 Å². The van der Waals surface area contributed by atoms with E-state index in [2.05, 4.69) is 23.6 Å². The fourth-order valence-corrected chi connectivity index (χ4v) is 2.42. The van der Waals surface area contributed by atoms with Gasteiger partial charge in [0, 0.05) is 17.8 Å². The summed E-state index contributed by atoms with van der Waals surface area (Å²) in [5.41, 5.74) is 1.26. The first-order valence-electron chi connectivity index (χ1n) is 5.92. The van der Waals surface area contributed by atoms with E-state index in [1.165, 1.54) is 5.56 Å². The van der Waals surface area contributed by atoms with Gasteiger partial charge in [0.1, 0.15) is 0 Å². The Morgan fingerprint density at radius 2 is 2.17 bits per heavy atom. The minimum atomic E-state index is -0.844. The zero-order chi connectivity index (χ0) is 13.4. The van der Waals surface area contributed by atoms with E-state index in [1.54, 1.807) is 11.3 Å². The lowest BCUT2D eigenvalue weighted by atomic mass is 10.2. The van der Waals surface area contributed by atoms with Gasteiger partial charge >= 0.3 is 12.0 Å². The number of carboxylic acid groups (broad SMARTS) is 1. The first kappa shape index (κ1) is 14.5. The average molecular weight is 270 g/mol. The minimum Gasteiger partial charge on any atom is -0.481 e. The van der Waals surface area contributed by atoms with Gasteiger partial charge in [0.05, 0.1) is 6.54 Å². The third-order valence-electron chi connectivity index (χ3n) is 2.48. The highest BCUT2D eigenvalue weighted by molar-refractivity contribution is 7.10. The highest BCUT2D eigenvalue weighted by Gasteiger charge is 2.05. The molecule has 0 spiro atoms. The van der Waals surface area contributed by atoms with Gasteiger partial charge in [-0.1, -0.05) is 6.92 Å². The summed E-state index contributed by atoms with van der Waals surface area (Å²) in [6.07, 6.45) is 1.48. The van der Waals surface area contributed by atoms with Gasteiger partial charge < -0.3 is 15.7 Å². The van der Waals surface area contributed by atoms with Gasteiger partial charge in [-0.2, -0.15) is 0 Å². The van der Waals surface area contributed by atoms with Crippen LogP contribution < -0.4 is 10.6 Å². The van der Waals surface area contributed by atoms with Crippen LogP contribution in [0.15, 0.2) is 11.4 Å². The van der Waals surface area contributed by atoms with Gasteiger partial charge in [0.2, 0.25) is 0 Å². The molecule has 5 nitrogen and oxygen atoms in total. The van der Waals surface area contributed by atoms with Crippen LogP contribution in [0.1, 0.15) is 30.2 Å². The van der Waals surface area contributed by atoms with Crippen molar-refractivity contribution in [2.75, 3.05) is 6.54 Å². The number of urea groups is 1. The number of nitrogens with one attached hydrogen (secondary N) is 2. The number of carbonyl (C=O) groups is 2. The second-order valence-electron chi connectivity index (χ2n) is 3.83. The Morgan fingerprint density at radius 3 is 2.83 bits per heavy atom. The lowest BCUT2D eigenvalue weighted by molar-refractivity contribution is -0.137. The van der Waals surface area contributed by atoms with Crippen LogP contribution in [0, 0.1) is 0 Å². The molecule has 0 aliphatic heterocycles. The van der Waals surface area contributed by atoms with Crippen LogP contribution in [-0.4, -0.2) is 23.7 Å². The fraction of sp³-hybridized carbons (Fsp3) is 0.500. The molecule has 0 aromatic carbocycles. The Kier molecular flexibility index (Phi) is 6.21. The largest absolute Gasteiger partial charge is 0.481 e. The Balaban J connectivity index is 2.19. The molecule has 18 heavy (non-hydrogen) atoms. The molecule has 0 bridgehead atoms. The molecule has 0 aliphatic carbocycles. The monoisotopic (exact) mass is 270 g/mol. The molecule has 3 N–H and O–H groups in total. The molecule has 0 saturated heterocycles. The minimum absolute atomic E-state index is 0.0746. The van der Waals surface area contributed by atoms with E-state index in [-0.39, 0.29) is 12.5 Å².